The first kappa shape index (κ1) is 20.8. The molecule has 0 radical (unpaired) electrons. The molecule has 3 N–H and O–H groups in total. The summed E-state index contributed by atoms with van der Waals surface area (Å²) < 4.78 is -1.26. The number of hydrogen-bond donors (Lipinski definition) is 3. The van der Waals surface area contributed by atoms with Crippen molar-refractivity contribution in [3.05, 3.63) is 55.8 Å². The molecule has 1 heterocycles. The number of carbonyl (C=O) groups excluding carboxylic acids is 2. The number of aliphatic hydroxyl groups is 3. The number of rotatable bonds is 6. The molecule has 1 aromatic rings. The number of hydrogen-bond acceptors (Lipinski definition) is 10. The van der Waals surface area contributed by atoms with Crippen LogP contribution in [0.2, 0.25) is 0 Å². The van der Waals surface area contributed by atoms with Crippen molar-refractivity contribution in [2.75, 3.05) is 6.61 Å². The van der Waals surface area contributed by atoms with E-state index < -0.39 is 46.1 Å². The minimum Gasteiger partial charge on any atom is -0.389 e. The molecule has 0 unspecified atom stereocenters. The smallest absolute Gasteiger partial charge is 0.389 e. The van der Waals surface area contributed by atoms with E-state index >= 15 is 0 Å². The van der Waals surface area contributed by atoms with Gasteiger partial charge in [-0.15, -0.1) is 0 Å². The van der Waals surface area contributed by atoms with Crippen LogP contribution in [0, 0.1) is 0 Å². The number of carbonyl (C=O) groups is 2. The van der Waals surface area contributed by atoms with Crippen LogP contribution >= 0.6 is 0 Å². The van der Waals surface area contributed by atoms with E-state index in [4.69, 9.17) is 5.11 Å². The van der Waals surface area contributed by atoms with E-state index in [0.717, 1.165) is 0 Å². The first-order chi connectivity index (χ1) is 11.8. The van der Waals surface area contributed by atoms with Gasteiger partial charge in [0, 0.05) is 11.1 Å². The van der Waals surface area contributed by atoms with E-state index in [2.05, 4.69) is 22.8 Å². The van der Waals surface area contributed by atoms with E-state index in [-0.39, 0.29) is 20.6 Å². The minimum atomic E-state index is -3.52. The van der Waals surface area contributed by atoms with Crippen LogP contribution in [0.15, 0.2) is 38.7 Å². The second kappa shape index (κ2) is 7.30. The lowest BCUT2D eigenvalue weighted by molar-refractivity contribution is -0.258. The summed E-state index contributed by atoms with van der Waals surface area (Å²) in [5.41, 5.74) is -5.98. The maximum absolute atomic E-state index is 12.2. The van der Waals surface area contributed by atoms with Crippen LogP contribution in [0.5, 0.6) is 0 Å². The SMILES string of the molecule is C=C(C)C(=O)On1c(=O)n(OC(=O)C(=C)C)c(=O)n(C(O)(O)CO)c1=O. The standard InChI is InChI=1S/C13H15N3O10/c1-6(2)8(18)25-15-10(20)14(13(23,24)5-17)11(21)16(12(15)22)26-9(19)7(3)4/h17,23-24H,1,3,5H2,2,4H3. The molecule has 26 heavy (non-hydrogen) atoms. The lowest BCUT2D eigenvalue weighted by Gasteiger charge is -2.21. The van der Waals surface area contributed by atoms with E-state index in [0.29, 0.717) is 0 Å². The van der Waals surface area contributed by atoms with Crippen LogP contribution in [-0.2, 0) is 15.5 Å². The molecule has 0 spiro atoms. The third kappa shape index (κ3) is 3.85. The Balaban J connectivity index is 3.87. The lowest BCUT2D eigenvalue weighted by atomic mass is 10.4. The molecular formula is C13H15N3O10. The van der Waals surface area contributed by atoms with E-state index in [1.54, 1.807) is 0 Å². The third-order valence-corrected chi connectivity index (χ3v) is 2.69. The molecule has 0 saturated heterocycles. The Labute approximate surface area is 143 Å². The van der Waals surface area contributed by atoms with Crippen molar-refractivity contribution in [2.45, 2.75) is 19.8 Å². The number of nitrogens with zero attached hydrogens (tertiary/aromatic N) is 3. The summed E-state index contributed by atoms with van der Waals surface area (Å²) in [6.45, 7) is 7.16. The summed E-state index contributed by atoms with van der Waals surface area (Å²) in [4.78, 5) is 68.4. The van der Waals surface area contributed by atoms with Crippen molar-refractivity contribution in [3.63, 3.8) is 0 Å². The van der Waals surface area contributed by atoms with Crippen LogP contribution in [0.3, 0.4) is 0 Å². The molecule has 13 heteroatoms. The first-order valence-electron chi connectivity index (χ1n) is 6.68. The van der Waals surface area contributed by atoms with Gasteiger partial charge in [-0.2, -0.15) is 4.57 Å². The Kier molecular flexibility index (Phi) is 5.83. The molecule has 1 aromatic heterocycles. The second-order valence-corrected chi connectivity index (χ2v) is 5.02. The van der Waals surface area contributed by atoms with Gasteiger partial charge in [-0.3, -0.25) is 0 Å². The topological polar surface area (TPSA) is 179 Å². The predicted molar refractivity (Wildman–Crippen MR) is 81.5 cm³/mol. The van der Waals surface area contributed by atoms with Gasteiger partial charge in [0.15, 0.2) is 0 Å². The van der Waals surface area contributed by atoms with Crippen molar-refractivity contribution in [1.82, 2.24) is 14.0 Å². The highest BCUT2D eigenvalue weighted by Gasteiger charge is 2.34. The molecule has 0 amide bonds. The Morgan fingerprint density at radius 3 is 1.54 bits per heavy atom. The Hall–Kier alpha value is -3.29. The largest absolute Gasteiger partial charge is 0.404 e. The lowest BCUT2D eigenvalue weighted by Crippen LogP contribution is -2.64. The molecule has 0 fully saturated rings. The van der Waals surface area contributed by atoms with E-state index in [9.17, 15) is 34.2 Å². The van der Waals surface area contributed by atoms with Crippen LogP contribution in [0.25, 0.3) is 0 Å². The van der Waals surface area contributed by atoms with Gasteiger partial charge < -0.3 is 25.0 Å². The molecule has 0 bridgehead atoms. The van der Waals surface area contributed by atoms with Gasteiger partial charge in [0.1, 0.15) is 6.61 Å². The van der Waals surface area contributed by atoms with Gasteiger partial charge in [-0.25, -0.2) is 24.0 Å². The minimum absolute atomic E-state index is 0.263. The van der Waals surface area contributed by atoms with Crippen molar-refractivity contribution in [1.29, 1.82) is 0 Å². The fourth-order valence-electron chi connectivity index (χ4n) is 1.36. The molecule has 0 aliphatic rings. The summed E-state index contributed by atoms with van der Waals surface area (Å²) >= 11 is 0. The molecule has 1 rings (SSSR count). The van der Waals surface area contributed by atoms with Gasteiger partial charge in [0.05, 0.1) is 0 Å². The molecule has 0 saturated carbocycles. The number of aliphatic hydroxyl groups excluding tert-OH is 1. The monoisotopic (exact) mass is 373 g/mol. The average Bonchev–Trinajstić information content (AvgIpc) is 2.54. The van der Waals surface area contributed by atoms with Gasteiger partial charge >= 0.3 is 29.0 Å². The fraction of sp³-hybridized carbons (Fsp3) is 0.308. The summed E-state index contributed by atoms with van der Waals surface area (Å²) in [5, 5.41) is 28.2. The molecule has 0 atom stereocenters. The molecule has 0 aliphatic carbocycles. The maximum Gasteiger partial charge on any atom is 0.404 e. The zero-order chi connectivity index (χ0) is 20.4. The highest BCUT2D eigenvalue weighted by atomic mass is 16.7. The number of aromatic nitrogens is 3. The molecular weight excluding hydrogens is 358 g/mol. The van der Waals surface area contributed by atoms with E-state index in [1.807, 2.05) is 0 Å². The Bertz CT molecular complexity index is 896. The Morgan fingerprint density at radius 2 is 1.27 bits per heavy atom. The van der Waals surface area contributed by atoms with Gasteiger partial charge in [-0.1, -0.05) is 22.6 Å². The Morgan fingerprint density at radius 1 is 0.923 bits per heavy atom. The van der Waals surface area contributed by atoms with Gasteiger partial charge in [-0.05, 0) is 13.8 Å². The summed E-state index contributed by atoms with van der Waals surface area (Å²) in [6.07, 6.45) is 0. The zero-order valence-corrected chi connectivity index (χ0v) is 13.7. The van der Waals surface area contributed by atoms with Crippen LogP contribution < -0.4 is 26.7 Å². The molecule has 13 nitrogen and oxygen atoms in total. The molecule has 142 valence electrons. The molecule has 0 aromatic carbocycles. The van der Waals surface area contributed by atoms with Crippen LogP contribution in [0.1, 0.15) is 13.8 Å². The highest BCUT2D eigenvalue weighted by molar-refractivity contribution is 5.87. The average molecular weight is 373 g/mol. The van der Waals surface area contributed by atoms with Crippen LogP contribution in [-0.4, -0.2) is 47.9 Å². The fourth-order valence-corrected chi connectivity index (χ4v) is 1.36. The summed E-state index contributed by atoms with van der Waals surface area (Å²) in [5.74, 6) is -6.10. The quantitative estimate of drug-likeness (QED) is 0.327. The predicted octanol–water partition coefficient (Wildman–Crippen LogP) is -4.18. The first-order valence-corrected chi connectivity index (χ1v) is 6.68. The third-order valence-electron chi connectivity index (χ3n) is 2.69. The molecule has 0 aliphatic heterocycles. The van der Waals surface area contributed by atoms with Crippen molar-refractivity contribution in [2.24, 2.45) is 0 Å². The zero-order valence-electron chi connectivity index (χ0n) is 13.7. The van der Waals surface area contributed by atoms with Gasteiger partial charge in [0.25, 0.3) is 5.91 Å². The van der Waals surface area contributed by atoms with Gasteiger partial charge in [0.2, 0.25) is 0 Å². The van der Waals surface area contributed by atoms with Crippen LogP contribution in [0.4, 0.5) is 0 Å². The summed E-state index contributed by atoms with van der Waals surface area (Å²) in [7, 11) is 0. The second-order valence-electron chi connectivity index (χ2n) is 5.02. The van der Waals surface area contributed by atoms with Crippen molar-refractivity contribution < 1.29 is 34.6 Å². The summed E-state index contributed by atoms with van der Waals surface area (Å²) in [6, 6.07) is 0. The maximum atomic E-state index is 12.2. The van der Waals surface area contributed by atoms with E-state index in [1.165, 1.54) is 13.8 Å². The highest BCUT2D eigenvalue weighted by Crippen LogP contribution is 1.99. The van der Waals surface area contributed by atoms with Crippen molar-refractivity contribution in [3.8, 4) is 0 Å². The normalized spacial score (nSPS) is 11.0. The van der Waals surface area contributed by atoms with Crippen molar-refractivity contribution >= 4 is 11.9 Å².